The van der Waals surface area contributed by atoms with E-state index in [4.69, 9.17) is 0 Å². The maximum absolute atomic E-state index is 12.2. The first-order chi connectivity index (χ1) is 10.1. The molecule has 4 nitrogen and oxygen atoms in total. The summed E-state index contributed by atoms with van der Waals surface area (Å²) in [6.45, 7) is 5.89. The number of carbonyl (C=O) groups is 1. The Bertz CT molecular complexity index is 655. The predicted molar refractivity (Wildman–Crippen MR) is 85.8 cm³/mol. The number of carbonyl (C=O) groups excluding carboxylic acids is 1. The van der Waals surface area contributed by atoms with E-state index in [0.717, 1.165) is 47.0 Å². The fraction of sp³-hybridized carbons (Fsp3) is 0.375. The Balaban J connectivity index is 1.69. The zero-order valence-electron chi connectivity index (χ0n) is 12.3. The third-order valence-corrected chi connectivity index (χ3v) is 4.72. The number of hydrogen-bond acceptors (Lipinski definition) is 4. The van der Waals surface area contributed by atoms with Gasteiger partial charge in [-0.05, 0) is 31.0 Å². The van der Waals surface area contributed by atoms with Gasteiger partial charge in [-0.3, -0.25) is 4.79 Å². The second-order valence-corrected chi connectivity index (χ2v) is 6.62. The van der Waals surface area contributed by atoms with Crippen molar-refractivity contribution in [3.8, 4) is 0 Å². The molecule has 21 heavy (non-hydrogen) atoms. The fourth-order valence-corrected chi connectivity index (χ4v) is 3.54. The maximum atomic E-state index is 12.2. The molecule has 1 aliphatic heterocycles. The summed E-state index contributed by atoms with van der Waals surface area (Å²) < 4.78 is 0. The second kappa shape index (κ2) is 5.95. The van der Waals surface area contributed by atoms with Crippen LogP contribution in [-0.2, 0) is 24.2 Å². The topological polar surface area (TPSA) is 54.0 Å². The molecule has 1 aromatic carbocycles. The highest BCUT2D eigenvalue weighted by molar-refractivity contribution is 7.11. The predicted octanol–water partition coefficient (Wildman–Crippen LogP) is 2.59. The van der Waals surface area contributed by atoms with Crippen LogP contribution in [0.2, 0.25) is 0 Å². The number of fused-ring (bicyclic) bond motifs is 1. The third-order valence-electron chi connectivity index (χ3n) is 3.63. The van der Waals surface area contributed by atoms with Crippen LogP contribution in [-0.4, -0.2) is 17.4 Å². The van der Waals surface area contributed by atoms with Crippen molar-refractivity contribution in [3.63, 3.8) is 0 Å². The van der Waals surface area contributed by atoms with E-state index in [2.05, 4.69) is 15.6 Å². The second-order valence-electron chi connectivity index (χ2n) is 5.45. The Morgan fingerprint density at radius 1 is 1.43 bits per heavy atom. The van der Waals surface area contributed by atoms with Crippen molar-refractivity contribution in [1.82, 2.24) is 10.3 Å². The van der Waals surface area contributed by atoms with Crippen LogP contribution in [0.3, 0.4) is 0 Å². The van der Waals surface area contributed by atoms with Gasteiger partial charge in [-0.15, -0.1) is 11.3 Å². The highest BCUT2D eigenvalue weighted by Gasteiger charge is 2.16. The number of anilines is 1. The van der Waals surface area contributed by atoms with Gasteiger partial charge in [0.05, 0.1) is 12.1 Å². The van der Waals surface area contributed by atoms with Crippen LogP contribution < -0.4 is 10.6 Å². The molecule has 0 bridgehead atoms. The highest BCUT2D eigenvalue weighted by Crippen LogP contribution is 2.22. The molecule has 0 radical (unpaired) electrons. The van der Waals surface area contributed by atoms with Gasteiger partial charge >= 0.3 is 0 Å². The van der Waals surface area contributed by atoms with Crippen LogP contribution in [0.4, 0.5) is 5.69 Å². The number of nitrogens with zero attached hydrogens (tertiary/aromatic N) is 1. The molecule has 1 aliphatic rings. The standard InChI is InChI=1S/C16H19N3OS/c1-10-3-4-11(2)13(7-10)18-15(20)8-16-19-12-5-6-17-9-14(12)21-16/h3-4,7,17H,5-6,8-9H2,1-2H3,(H,18,20). The maximum Gasteiger partial charge on any atom is 0.231 e. The van der Waals surface area contributed by atoms with Gasteiger partial charge in [0.25, 0.3) is 0 Å². The van der Waals surface area contributed by atoms with E-state index in [1.807, 2.05) is 32.0 Å². The molecule has 0 saturated carbocycles. The molecule has 0 fully saturated rings. The number of benzene rings is 1. The lowest BCUT2D eigenvalue weighted by Gasteiger charge is -2.09. The molecule has 1 aromatic heterocycles. The van der Waals surface area contributed by atoms with Crippen LogP contribution in [0, 0.1) is 13.8 Å². The van der Waals surface area contributed by atoms with E-state index in [1.54, 1.807) is 11.3 Å². The number of aromatic nitrogens is 1. The molecular formula is C16H19N3OS. The molecule has 2 N–H and O–H groups in total. The minimum Gasteiger partial charge on any atom is -0.325 e. The Labute approximate surface area is 128 Å². The largest absolute Gasteiger partial charge is 0.325 e. The van der Waals surface area contributed by atoms with E-state index in [0.29, 0.717) is 6.42 Å². The molecule has 5 heteroatoms. The Kier molecular flexibility index (Phi) is 4.03. The summed E-state index contributed by atoms with van der Waals surface area (Å²) in [5, 5.41) is 7.23. The lowest BCUT2D eigenvalue weighted by atomic mass is 10.1. The minimum absolute atomic E-state index is 0.00255. The van der Waals surface area contributed by atoms with Gasteiger partial charge in [-0.2, -0.15) is 0 Å². The molecule has 0 unspecified atom stereocenters. The van der Waals surface area contributed by atoms with Crippen LogP contribution in [0.25, 0.3) is 0 Å². The van der Waals surface area contributed by atoms with Gasteiger partial charge in [0.1, 0.15) is 5.01 Å². The van der Waals surface area contributed by atoms with E-state index >= 15 is 0 Å². The van der Waals surface area contributed by atoms with Crippen molar-refractivity contribution < 1.29 is 4.79 Å². The fourth-order valence-electron chi connectivity index (χ4n) is 2.46. The van der Waals surface area contributed by atoms with Gasteiger partial charge in [-0.25, -0.2) is 4.98 Å². The molecular weight excluding hydrogens is 282 g/mol. The molecule has 0 spiro atoms. The first-order valence-corrected chi connectivity index (χ1v) is 7.99. The quantitative estimate of drug-likeness (QED) is 0.916. The summed E-state index contributed by atoms with van der Waals surface area (Å²) in [7, 11) is 0. The van der Waals surface area contributed by atoms with Crippen molar-refractivity contribution in [2.45, 2.75) is 33.2 Å². The van der Waals surface area contributed by atoms with E-state index in [-0.39, 0.29) is 5.91 Å². The highest BCUT2D eigenvalue weighted by atomic mass is 32.1. The van der Waals surface area contributed by atoms with Crippen molar-refractivity contribution in [3.05, 3.63) is 44.9 Å². The molecule has 110 valence electrons. The summed E-state index contributed by atoms with van der Waals surface area (Å²) in [5.41, 5.74) is 4.28. The molecule has 2 heterocycles. The van der Waals surface area contributed by atoms with E-state index in [9.17, 15) is 4.79 Å². The number of aryl methyl sites for hydroxylation is 2. The van der Waals surface area contributed by atoms with Crippen LogP contribution >= 0.6 is 11.3 Å². The van der Waals surface area contributed by atoms with E-state index < -0.39 is 0 Å². The summed E-state index contributed by atoms with van der Waals surface area (Å²) in [4.78, 5) is 18.1. The summed E-state index contributed by atoms with van der Waals surface area (Å²) >= 11 is 1.65. The molecule has 3 rings (SSSR count). The lowest BCUT2D eigenvalue weighted by Crippen LogP contribution is -2.22. The third kappa shape index (κ3) is 3.31. The van der Waals surface area contributed by atoms with Gasteiger partial charge in [0.2, 0.25) is 5.91 Å². The molecule has 0 atom stereocenters. The number of thiazole rings is 1. The van der Waals surface area contributed by atoms with Gasteiger partial charge < -0.3 is 10.6 Å². The van der Waals surface area contributed by atoms with Gasteiger partial charge in [-0.1, -0.05) is 12.1 Å². The Morgan fingerprint density at radius 3 is 3.10 bits per heavy atom. The Morgan fingerprint density at radius 2 is 2.29 bits per heavy atom. The Hall–Kier alpha value is -1.72. The lowest BCUT2D eigenvalue weighted by molar-refractivity contribution is -0.115. The molecule has 0 saturated heterocycles. The van der Waals surface area contributed by atoms with Crippen molar-refractivity contribution in [1.29, 1.82) is 0 Å². The number of rotatable bonds is 3. The van der Waals surface area contributed by atoms with Gasteiger partial charge in [0.15, 0.2) is 0 Å². The van der Waals surface area contributed by atoms with E-state index in [1.165, 1.54) is 4.88 Å². The summed E-state index contributed by atoms with van der Waals surface area (Å²) in [6.07, 6.45) is 1.31. The monoisotopic (exact) mass is 301 g/mol. The molecule has 0 aliphatic carbocycles. The van der Waals surface area contributed by atoms with Crippen LogP contribution in [0.1, 0.15) is 26.7 Å². The smallest absolute Gasteiger partial charge is 0.231 e. The van der Waals surface area contributed by atoms with Crippen LogP contribution in [0.5, 0.6) is 0 Å². The normalized spacial score (nSPS) is 13.8. The number of amides is 1. The van der Waals surface area contributed by atoms with Gasteiger partial charge in [0, 0.05) is 30.1 Å². The molecule has 2 aromatic rings. The zero-order valence-corrected chi connectivity index (χ0v) is 13.1. The molecule has 1 amide bonds. The van der Waals surface area contributed by atoms with Crippen molar-refractivity contribution in [2.75, 3.05) is 11.9 Å². The average Bonchev–Trinajstić information content (AvgIpc) is 2.84. The minimum atomic E-state index is 0.00255. The summed E-state index contributed by atoms with van der Waals surface area (Å²) in [5.74, 6) is 0.00255. The first-order valence-electron chi connectivity index (χ1n) is 7.17. The SMILES string of the molecule is Cc1ccc(C)c(NC(=O)Cc2nc3c(s2)CNCC3)c1. The van der Waals surface area contributed by atoms with Crippen LogP contribution in [0.15, 0.2) is 18.2 Å². The zero-order chi connectivity index (χ0) is 14.8. The summed E-state index contributed by atoms with van der Waals surface area (Å²) in [6, 6.07) is 6.08. The van der Waals surface area contributed by atoms with Crippen molar-refractivity contribution >= 4 is 22.9 Å². The number of hydrogen-bond donors (Lipinski definition) is 2. The first kappa shape index (κ1) is 14.2. The average molecular weight is 301 g/mol. The van der Waals surface area contributed by atoms with Crippen molar-refractivity contribution in [2.24, 2.45) is 0 Å². The number of nitrogens with one attached hydrogen (secondary N) is 2.